The fourth-order valence-corrected chi connectivity index (χ4v) is 6.60. The smallest absolute Gasteiger partial charge is 0.388 e. The standard InChI is InChI=1S/C29H22N2O2.C17H8F6N2O2/c1-29(2,23-13-15-27(32-19-30)25(17-23)21-9-5-3-6-10-21)24-14-16-28(33-20-31)26(18-24)22-11-7-4-8-12-22;18-16(19,20)15(17(21,22)23,11-1-5-13(6-2-11)26-9-24)12-3-7-14(8-4-12)27-10-25/h3-18H,1-2H3;1-8H. The Kier molecular flexibility index (Phi) is 13.0. The lowest BCUT2D eigenvalue weighted by molar-refractivity contribution is -0.288. The second kappa shape index (κ2) is 18.1. The van der Waals surface area contributed by atoms with Gasteiger partial charge in [-0.3, -0.25) is 0 Å². The van der Waals surface area contributed by atoms with Crippen molar-refractivity contribution in [3.63, 3.8) is 0 Å². The fourth-order valence-electron chi connectivity index (χ4n) is 6.60. The van der Waals surface area contributed by atoms with Gasteiger partial charge in [-0.15, -0.1) is 21.0 Å². The highest BCUT2D eigenvalue weighted by Crippen LogP contribution is 2.56. The summed E-state index contributed by atoms with van der Waals surface area (Å²) in [5.74, 6) is 0.617. The molecule has 0 radical (unpaired) electrons. The molecule has 0 saturated carbocycles. The van der Waals surface area contributed by atoms with E-state index in [2.05, 4.69) is 35.5 Å². The highest BCUT2D eigenvalue weighted by molar-refractivity contribution is 5.74. The molecule has 0 N–H and O–H groups in total. The number of nitriles is 4. The minimum atomic E-state index is -5.75. The SMILES string of the molecule is CC(C)(c1ccc(OC#N)c(-c2ccccc2)c1)c1ccc(OC#N)c(-c2ccccc2)c1.N#COc1ccc(C(c2ccc(OC#N)cc2)(C(F)(F)F)C(F)(F)F)cc1. The number of rotatable bonds is 10. The molecule has 0 fully saturated rings. The number of ether oxygens (including phenoxy) is 4. The number of hydrogen-bond donors (Lipinski definition) is 0. The predicted octanol–water partition coefficient (Wildman–Crippen LogP) is 11.9. The average molecular weight is 817 g/mol. The van der Waals surface area contributed by atoms with Crippen LogP contribution in [0.15, 0.2) is 146 Å². The zero-order valence-corrected chi connectivity index (χ0v) is 31.5. The molecule has 0 atom stereocenters. The van der Waals surface area contributed by atoms with Gasteiger partial charge in [-0.1, -0.05) is 111 Å². The number of halogens is 6. The van der Waals surface area contributed by atoms with Crippen LogP contribution in [0.2, 0.25) is 0 Å². The highest BCUT2D eigenvalue weighted by atomic mass is 19.4. The zero-order chi connectivity index (χ0) is 43.6. The third-order valence-electron chi connectivity index (χ3n) is 9.64. The third kappa shape index (κ3) is 8.95. The van der Waals surface area contributed by atoms with Crippen LogP contribution in [0.1, 0.15) is 36.1 Å². The van der Waals surface area contributed by atoms with Crippen LogP contribution in [0, 0.1) is 46.1 Å². The molecular formula is C46H30F6N4O4. The predicted molar refractivity (Wildman–Crippen MR) is 207 cm³/mol. The van der Waals surface area contributed by atoms with E-state index in [1.165, 1.54) is 12.5 Å². The van der Waals surface area contributed by atoms with Crippen LogP contribution in [0.25, 0.3) is 22.3 Å². The molecule has 14 heteroatoms. The number of benzene rings is 6. The van der Waals surface area contributed by atoms with Gasteiger partial charge in [0.1, 0.15) is 23.0 Å². The molecular weight excluding hydrogens is 787 g/mol. The molecule has 0 bridgehead atoms. The van der Waals surface area contributed by atoms with E-state index in [-0.39, 0.29) is 16.9 Å². The molecule has 0 unspecified atom stereocenters. The first-order chi connectivity index (χ1) is 28.6. The molecule has 0 spiro atoms. The molecule has 8 nitrogen and oxygen atoms in total. The number of alkyl halides is 6. The summed E-state index contributed by atoms with van der Waals surface area (Å²) in [7, 11) is 0. The minimum Gasteiger partial charge on any atom is -0.388 e. The van der Waals surface area contributed by atoms with E-state index in [9.17, 15) is 26.3 Å². The molecule has 300 valence electrons. The quantitative estimate of drug-likeness (QED) is 0.0986. The number of hydrogen-bond acceptors (Lipinski definition) is 8. The highest BCUT2D eigenvalue weighted by Gasteiger charge is 2.72. The van der Waals surface area contributed by atoms with Crippen molar-refractivity contribution in [3.05, 3.63) is 168 Å². The van der Waals surface area contributed by atoms with E-state index in [1.54, 1.807) is 12.5 Å². The first kappa shape index (κ1) is 43.2. The van der Waals surface area contributed by atoms with E-state index in [0.29, 0.717) is 35.8 Å². The lowest BCUT2D eigenvalue weighted by atomic mass is 9.73. The summed E-state index contributed by atoms with van der Waals surface area (Å²) in [5.41, 5.74) is -1.13. The summed E-state index contributed by atoms with van der Waals surface area (Å²) in [4.78, 5) is 0. The van der Waals surface area contributed by atoms with E-state index < -0.39 is 28.9 Å². The Morgan fingerprint density at radius 2 is 0.717 bits per heavy atom. The molecule has 6 aromatic rings. The third-order valence-corrected chi connectivity index (χ3v) is 9.64. The average Bonchev–Trinajstić information content (AvgIpc) is 3.23. The Hall–Kier alpha value is -7.94. The second-order valence-corrected chi connectivity index (χ2v) is 13.3. The largest absolute Gasteiger partial charge is 0.411 e. The van der Waals surface area contributed by atoms with Crippen LogP contribution in [0.3, 0.4) is 0 Å². The van der Waals surface area contributed by atoms with Crippen molar-refractivity contribution in [1.29, 1.82) is 21.0 Å². The number of nitrogens with zero attached hydrogens (tertiary/aromatic N) is 4. The molecule has 0 aliphatic carbocycles. The Balaban J connectivity index is 0.000000233. The van der Waals surface area contributed by atoms with Gasteiger partial charge in [-0.2, -0.15) is 26.3 Å². The van der Waals surface area contributed by atoms with Gasteiger partial charge in [0, 0.05) is 16.5 Å². The van der Waals surface area contributed by atoms with Crippen molar-refractivity contribution < 1.29 is 45.3 Å². The van der Waals surface area contributed by atoms with Gasteiger partial charge >= 0.3 is 12.4 Å². The normalized spacial score (nSPS) is 11.3. The van der Waals surface area contributed by atoms with Gasteiger partial charge < -0.3 is 18.9 Å². The van der Waals surface area contributed by atoms with Gasteiger partial charge in [0.2, 0.25) is 5.41 Å². The molecule has 6 rings (SSSR count). The van der Waals surface area contributed by atoms with Crippen LogP contribution < -0.4 is 18.9 Å². The summed E-state index contributed by atoms with van der Waals surface area (Å²) < 4.78 is 102. The Morgan fingerprint density at radius 1 is 0.400 bits per heavy atom. The molecule has 0 aliphatic rings. The maximum absolute atomic E-state index is 13.9. The summed E-state index contributed by atoms with van der Waals surface area (Å²) in [6, 6.07) is 37.2. The molecule has 0 aliphatic heterocycles. The molecule has 0 aromatic heterocycles. The Morgan fingerprint density at radius 3 is 1.02 bits per heavy atom. The van der Waals surface area contributed by atoms with Crippen molar-refractivity contribution in [2.75, 3.05) is 0 Å². The maximum Gasteiger partial charge on any atom is 0.411 e. The molecule has 6 aromatic carbocycles. The van der Waals surface area contributed by atoms with Crippen LogP contribution >= 0.6 is 0 Å². The van der Waals surface area contributed by atoms with Crippen molar-refractivity contribution >= 4 is 0 Å². The van der Waals surface area contributed by atoms with Crippen molar-refractivity contribution in [2.24, 2.45) is 0 Å². The minimum absolute atomic E-state index is 0.211. The van der Waals surface area contributed by atoms with Crippen molar-refractivity contribution in [1.82, 2.24) is 0 Å². The van der Waals surface area contributed by atoms with Crippen LogP contribution in [-0.2, 0) is 10.8 Å². The Labute approximate surface area is 340 Å². The Bertz CT molecular complexity index is 2410. The van der Waals surface area contributed by atoms with Gasteiger partial charge in [0.15, 0.2) is 0 Å². The van der Waals surface area contributed by atoms with E-state index in [1.807, 2.05) is 84.9 Å². The van der Waals surface area contributed by atoms with Crippen LogP contribution in [-0.4, -0.2) is 12.4 Å². The monoisotopic (exact) mass is 816 g/mol. The van der Waals surface area contributed by atoms with Crippen molar-refractivity contribution in [3.8, 4) is 70.3 Å². The van der Waals surface area contributed by atoms with Gasteiger partial charge in [-0.25, -0.2) is 0 Å². The van der Waals surface area contributed by atoms with Gasteiger partial charge in [0.25, 0.3) is 25.0 Å². The maximum atomic E-state index is 13.9. The van der Waals surface area contributed by atoms with E-state index in [4.69, 9.17) is 30.5 Å². The van der Waals surface area contributed by atoms with E-state index >= 15 is 0 Å². The lowest BCUT2D eigenvalue weighted by Gasteiger charge is -2.38. The summed E-state index contributed by atoms with van der Waals surface area (Å²) in [6.45, 7) is 4.30. The second-order valence-electron chi connectivity index (χ2n) is 13.3. The van der Waals surface area contributed by atoms with Crippen LogP contribution in [0.5, 0.6) is 23.0 Å². The van der Waals surface area contributed by atoms with Crippen molar-refractivity contribution in [2.45, 2.75) is 37.0 Å². The molecule has 0 amide bonds. The topological polar surface area (TPSA) is 132 Å². The first-order valence-corrected chi connectivity index (χ1v) is 17.6. The lowest BCUT2D eigenvalue weighted by Crippen LogP contribution is -2.54. The van der Waals surface area contributed by atoms with E-state index in [0.717, 1.165) is 57.6 Å². The molecule has 60 heavy (non-hydrogen) atoms. The van der Waals surface area contributed by atoms with Gasteiger partial charge in [0.05, 0.1) is 0 Å². The van der Waals surface area contributed by atoms with Gasteiger partial charge in [-0.05, 0) is 81.9 Å². The summed E-state index contributed by atoms with van der Waals surface area (Å²) >= 11 is 0. The zero-order valence-electron chi connectivity index (χ0n) is 31.5. The fraction of sp³-hybridized carbons (Fsp3) is 0.130. The van der Waals surface area contributed by atoms with Crippen LogP contribution in [0.4, 0.5) is 26.3 Å². The summed E-state index contributed by atoms with van der Waals surface area (Å²) in [6.07, 6.45) is -5.39. The first-order valence-electron chi connectivity index (χ1n) is 17.6. The summed E-state index contributed by atoms with van der Waals surface area (Å²) in [5, 5.41) is 35.0. The molecule has 0 saturated heterocycles. The molecule has 0 heterocycles.